The standard InChI is InChI=1S/C16H14BrFN2O/c17-16-11(2-1-3-13(16)19)9-20-14-6-5-12(18)8-10(14)4-7-15(20)21/h1-3,5-6,8H,4,7,9,19H2. The first-order chi connectivity index (χ1) is 10.1. The molecule has 2 aromatic rings. The summed E-state index contributed by atoms with van der Waals surface area (Å²) < 4.78 is 14.1. The van der Waals surface area contributed by atoms with Gasteiger partial charge in [0.05, 0.1) is 6.54 Å². The van der Waals surface area contributed by atoms with Gasteiger partial charge in [0.1, 0.15) is 5.82 Å². The molecule has 0 fully saturated rings. The average Bonchev–Trinajstić information content (AvgIpc) is 2.46. The van der Waals surface area contributed by atoms with E-state index < -0.39 is 0 Å². The fourth-order valence-electron chi connectivity index (χ4n) is 2.59. The molecule has 3 nitrogen and oxygen atoms in total. The summed E-state index contributed by atoms with van der Waals surface area (Å²) in [6, 6.07) is 10.1. The van der Waals surface area contributed by atoms with Gasteiger partial charge in [0.25, 0.3) is 0 Å². The number of nitrogens with two attached hydrogens (primary N) is 1. The molecule has 0 spiro atoms. The van der Waals surface area contributed by atoms with Crippen LogP contribution >= 0.6 is 15.9 Å². The molecular formula is C16H14BrFN2O. The van der Waals surface area contributed by atoms with E-state index in [0.29, 0.717) is 25.1 Å². The Kier molecular flexibility index (Phi) is 3.68. The van der Waals surface area contributed by atoms with Gasteiger partial charge in [0.2, 0.25) is 5.91 Å². The summed E-state index contributed by atoms with van der Waals surface area (Å²) in [7, 11) is 0. The Hall–Kier alpha value is -1.88. The quantitative estimate of drug-likeness (QED) is 0.842. The lowest BCUT2D eigenvalue weighted by molar-refractivity contribution is -0.119. The van der Waals surface area contributed by atoms with Crippen molar-refractivity contribution < 1.29 is 9.18 Å². The second-order valence-electron chi connectivity index (χ2n) is 5.07. The van der Waals surface area contributed by atoms with Crippen LogP contribution in [0.25, 0.3) is 0 Å². The number of anilines is 2. The van der Waals surface area contributed by atoms with Gasteiger partial charge in [-0.1, -0.05) is 12.1 Å². The number of amides is 1. The van der Waals surface area contributed by atoms with E-state index in [4.69, 9.17) is 5.73 Å². The summed E-state index contributed by atoms with van der Waals surface area (Å²) in [6.45, 7) is 0.420. The van der Waals surface area contributed by atoms with Crippen LogP contribution in [0.3, 0.4) is 0 Å². The first kappa shape index (κ1) is 14.1. The van der Waals surface area contributed by atoms with E-state index in [-0.39, 0.29) is 11.7 Å². The maximum absolute atomic E-state index is 13.3. The van der Waals surface area contributed by atoms with Crippen LogP contribution in [0.1, 0.15) is 17.5 Å². The van der Waals surface area contributed by atoms with Crippen molar-refractivity contribution in [1.82, 2.24) is 0 Å². The number of fused-ring (bicyclic) bond motifs is 1. The van der Waals surface area contributed by atoms with E-state index in [1.807, 2.05) is 12.1 Å². The first-order valence-electron chi connectivity index (χ1n) is 6.68. The maximum atomic E-state index is 13.3. The number of halogens is 2. The maximum Gasteiger partial charge on any atom is 0.227 e. The summed E-state index contributed by atoms with van der Waals surface area (Å²) in [5.41, 5.74) is 9.09. The Morgan fingerprint density at radius 2 is 2.05 bits per heavy atom. The van der Waals surface area contributed by atoms with Crippen LogP contribution < -0.4 is 10.6 Å². The molecule has 0 atom stereocenters. The zero-order chi connectivity index (χ0) is 15.0. The molecule has 1 amide bonds. The number of carbonyl (C=O) groups is 1. The highest BCUT2D eigenvalue weighted by molar-refractivity contribution is 9.10. The molecule has 2 N–H and O–H groups in total. The van der Waals surface area contributed by atoms with Crippen LogP contribution in [0, 0.1) is 5.82 Å². The molecule has 5 heteroatoms. The van der Waals surface area contributed by atoms with Gasteiger partial charge in [0, 0.05) is 22.3 Å². The van der Waals surface area contributed by atoms with Gasteiger partial charge >= 0.3 is 0 Å². The molecule has 21 heavy (non-hydrogen) atoms. The molecule has 0 unspecified atom stereocenters. The number of carbonyl (C=O) groups excluding carboxylic acids is 1. The van der Waals surface area contributed by atoms with Gasteiger partial charge in [0.15, 0.2) is 0 Å². The Labute approximate surface area is 130 Å². The number of nitrogen functional groups attached to an aromatic ring is 1. The lowest BCUT2D eigenvalue weighted by atomic mass is 10.00. The topological polar surface area (TPSA) is 46.3 Å². The van der Waals surface area contributed by atoms with Crippen LogP contribution in [0.4, 0.5) is 15.8 Å². The summed E-state index contributed by atoms with van der Waals surface area (Å²) in [6.07, 6.45) is 0.983. The third-order valence-corrected chi connectivity index (χ3v) is 4.65. The zero-order valence-electron chi connectivity index (χ0n) is 11.3. The van der Waals surface area contributed by atoms with Crippen molar-refractivity contribution in [3.8, 4) is 0 Å². The van der Waals surface area contributed by atoms with E-state index in [0.717, 1.165) is 21.3 Å². The SMILES string of the molecule is Nc1cccc(CN2C(=O)CCc3cc(F)ccc32)c1Br. The van der Waals surface area contributed by atoms with E-state index in [1.54, 1.807) is 17.0 Å². The Morgan fingerprint density at radius 1 is 1.24 bits per heavy atom. The highest BCUT2D eigenvalue weighted by Gasteiger charge is 2.25. The fraction of sp³-hybridized carbons (Fsp3) is 0.188. The monoisotopic (exact) mass is 348 g/mol. The van der Waals surface area contributed by atoms with E-state index in [9.17, 15) is 9.18 Å². The molecule has 0 saturated carbocycles. The van der Waals surface area contributed by atoms with Gasteiger partial charge in [-0.3, -0.25) is 4.79 Å². The molecule has 1 aliphatic heterocycles. The molecule has 108 valence electrons. The normalized spacial score (nSPS) is 14.2. The molecule has 1 heterocycles. The highest BCUT2D eigenvalue weighted by atomic mass is 79.9. The van der Waals surface area contributed by atoms with Crippen molar-refractivity contribution >= 4 is 33.2 Å². The number of benzene rings is 2. The number of aryl methyl sites for hydroxylation is 1. The highest BCUT2D eigenvalue weighted by Crippen LogP contribution is 2.32. The Balaban J connectivity index is 1.99. The van der Waals surface area contributed by atoms with E-state index in [2.05, 4.69) is 15.9 Å². The largest absolute Gasteiger partial charge is 0.398 e. The van der Waals surface area contributed by atoms with Crippen LogP contribution in [0.2, 0.25) is 0 Å². The zero-order valence-corrected chi connectivity index (χ0v) is 12.9. The van der Waals surface area contributed by atoms with Crippen molar-refractivity contribution in [2.45, 2.75) is 19.4 Å². The summed E-state index contributed by atoms with van der Waals surface area (Å²) in [5, 5.41) is 0. The van der Waals surface area contributed by atoms with Gasteiger partial charge < -0.3 is 10.6 Å². The summed E-state index contributed by atoms with van der Waals surface area (Å²) in [5.74, 6) is -0.225. The third kappa shape index (κ3) is 2.65. The molecule has 0 radical (unpaired) electrons. The molecular weight excluding hydrogens is 335 g/mol. The summed E-state index contributed by atoms with van der Waals surface area (Å²) in [4.78, 5) is 13.9. The Morgan fingerprint density at radius 3 is 2.86 bits per heavy atom. The van der Waals surface area contributed by atoms with Crippen LogP contribution in [-0.2, 0) is 17.8 Å². The molecule has 0 aliphatic carbocycles. The van der Waals surface area contributed by atoms with Crippen molar-refractivity contribution in [2.75, 3.05) is 10.6 Å². The van der Waals surface area contributed by atoms with Crippen LogP contribution in [0.15, 0.2) is 40.9 Å². The molecule has 0 bridgehead atoms. The minimum atomic E-state index is -0.270. The third-order valence-electron chi connectivity index (χ3n) is 3.68. The van der Waals surface area contributed by atoms with Crippen LogP contribution in [-0.4, -0.2) is 5.91 Å². The number of rotatable bonds is 2. The predicted octanol–water partition coefficient (Wildman–Crippen LogP) is 3.65. The molecule has 0 aromatic heterocycles. The van der Waals surface area contributed by atoms with Crippen molar-refractivity contribution in [3.05, 3.63) is 57.8 Å². The predicted molar refractivity (Wildman–Crippen MR) is 84.5 cm³/mol. The number of hydrogen-bond donors (Lipinski definition) is 1. The van der Waals surface area contributed by atoms with Gasteiger partial charge in [-0.2, -0.15) is 0 Å². The minimum absolute atomic E-state index is 0.0448. The van der Waals surface area contributed by atoms with Crippen molar-refractivity contribution in [2.24, 2.45) is 0 Å². The lowest BCUT2D eigenvalue weighted by Crippen LogP contribution is -2.34. The first-order valence-corrected chi connectivity index (χ1v) is 7.47. The molecule has 3 rings (SSSR count). The fourth-order valence-corrected chi connectivity index (χ4v) is 2.98. The lowest BCUT2D eigenvalue weighted by Gasteiger charge is -2.30. The van der Waals surface area contributed by atoms with Crippen molar-refractivity contribution in [1.29, 1.82) is 0 Å². The van der Waals surface area contributed by atoms with Gasteiger partial charge in [-0.15, -0.1) is 0 Å². The van der Waals surface area contributed by atoms with Gasteiger partial charge in [-0.25, -0.2) is 4.39 Å². The molecule has 1 aliphatic rings. The Bertz CT molecular complexity index is 717. The number of hydrogen-bond acceptors (Lipinski definition) is 2. The second-order valence-corrected chi connectivity index (χ2v) is 5.87. The smallest absolute Gasteiger partial charge is 0.227 e. The summed E-state index contributed by atoms with van der Waals surface area (Å²) >= 11 is 3.46. The van der Waals surface area contributed by atoms with Crippen LogP contribution in [0.5, 0.6) is 0 Å². The number of nitrogens with zero attached hydrogens (tertiary/aromatic N) is 1. The average molecular weight is 349 g/mol. The molecule has 0 saturated heterocycles. The minimum Gasteiger partial charge on any atom is -0.398 e. The molecule has 2 aromatic carbocycles. The van der Waals surface area contributed by atoms with Gasteiger partial charge in [-0.05, 0) is 57.7 Å². The van der Waals surface area contributed by atoms with Crippen molar-refractivity contribution in [3.63, 3.8) is 0 Å². The van der Waals surface area contributed by atoms with E-state index in [1.165, 1.54) is 12.1 Å². The second kappa shape index (κ2) is 5.48. The van der Waals surface area contributed by atoms with E-state index >= 15 is 0 Å².